The second kappa shape index (κ2) is 6.57. The van der Waals surface area contributed by atoms with Crippen LogP contribution in [-0.4, -0.2) is 36.2 Å². The molecule has 0 radical (unpaired) electrons. The van der Waals surface area contributed by atoms with Gasteiger partial charge in [-0.1, -0.05) is 6.07 Å². The minimum atomic E-state index is -0.369. The molecule has 1 N–H and O–H groups in total. The quantitative estimate of drug-likeness (QED) is 0.913. The molecular weight excluding hydrogens is 302 g/mol. The van der Waals surface area contributed by atoms with E-state index in [1.807, 2.05) is 23.6 Å². The van der Waals surface area contributed by atoms with E-state index in [2.05, 4.69) is 10.3 Å². The average Bonchev–Trinajstić information content (AvgIpc) is 3.15. The SMILES string of the molecule is O=C(Cc1ccccn1)NCC1CN(c2cccs2)C(=O)O1. The van der Waals surface area contributed by atoms with Gasteiger partial charge in [-0.2, -0.15) is 0 Å². The summed E-state index contributed by atoms with van der Waals surface area (Å²) in [5, 5.41) is 5.54. The minimum absolute atomic E-state index is 0.135. The Bertz CT molecular complexity index is 645. The van der Waals surface area contributed by atoms with Gasteiger partial charge in [-0.15, -0.1) is 11.3 Å². The summed E-state index contributed by atoms with van der Waals surface area (Å²) in [5.74, 6) is -0.135. The number of cyclic esters (lactones) is 1. The van der Waals surface area contributed by atoms with Gasteiger partial charge in [0, 0.05) is 11.9 Å². The fourth-order valence-electron chi connectivity index (χ4n) is 2.19. The van der Waals surface area contributed by atoms with Crippen LogP contribution in [0.3, 0.4) is 0 Å². The van der Waals surface area contributed by atoms with E-state index < -0.39 is 0 Å². The van der Waals surface area contributed by atoms with Crippen molar-refractivity contribution in [3.05, 3.63) is 47.6 Å². The molecule has 2 aromatic rings. The zero-order valence-corrected chi connectivity index (χ0v) is 12.6. The van der Waals surface area contributed by atoms with E-state index in [0.29, 0.717) is 18.8 Å². The van der Waals surface area contributed by atoms with Crippen LogP contribution in [0.4, 0.5) is 9.80 Å². The topological polar surface area (TPSA) is 71.5 Å². The molecule has 114 valence electrons. The van der Waals surface area contributed by atoms with Crippen molar-refractivity contribution in [2.45, 2.75) is 12.5 Å². The lowest BCUT2D eigenvalue weighted by molar-refractivity contribution is -0.120. The molecule has 1 atom stereocenters. The van der Waals surface area contributed by atoms with E-state index in [0.717, 1.165) is 5.00 Å². The van der Waals surface area contributed by atoms with Crippen LogP contribution in [0.15, 0.2) is 41.9 Å². The Morgan fingerprint density at radius 2 is 2.32 bits per heavy atom. The summed E-state index contributed by atoms with van der Waals surface area (Å²) >= 11 is 1.48. The molecule has 3 heterocycles. The van der Waals surface area contributed by atoms with Crippen LogP contribution in [0.2, 0.25) is 0 Å². The Morgan fingerprint density at radius 1 is 1.41 bits per heavy atom. The van der Waals surface area contributed by atoms with Crippen molar-refractivity contribution in [3.8, 4) is 0 Å². The number of pyridine rings is 1. The van der Waals surface area contributed by atoms with Gasteiger partial charge in [0.2, 0.25) is 5.91 Å². The zero-order chi connectivity index (χ0) is 15.4. The van der Waals surface area contributed by atoms with E-state index in [4.69, 9.17) is 4.74 Å². The number of thiophene rings is 1. The van der Waals surface area contributed by atoms with Crippen LogP contribution in [-0.2, 0) is 16.0 Å². The number of hydrogen-bond acceptors (Lipinski definition) is 5. The van der Waals surface area contributed by atoms with Crippen molar-refractivity contribution in [2.75, 3.05) is 18.0 Å². The van der Waals surface area contributed by atoms with Crippen molar-refractivity contribution in [3.63, 3.8) is 0 Å². The number of ether oxygens (including phenoxy) is 1. The molecule has 0 aliphatic carbocycles. The van der Waals surface area contributed by atoms with Crippen molar-refractivity contribution in [1.29, 1.82) is 0 Å². The van der Waals surface area contributed by atoms with Crippen LogP contribution >= 0.6 is 11.3 Å². The van der Waals surface area contributed by atoms with Crippen LogP contribution in [0.1, 0.15) is 5.69 Å². The summed E-state index contributed by atoms with van der Waals surface area (Å²) < 4.78 is 5.26. The van der Waals surface area contributed by atoms with E-state index in [1.54, 1.807) is 23.2 Å². The van der Waals surface area contributed by atoms with Crippen LogP contribution < -0.4 is 10.2 Å². The molecule has 0 aromatic carbocycles. The predicted octanol–water partition coefficient (Wildman–Crippen LogP) is 1.83. The third kappa shape index (κ3) is 3.43. The molecule has 1 unspecified atom stereocenters. The zero-order valence-electron chi connectivity index (χ0n) is 11.8. The lowest BCUT2D eigenvalue weighted by atomic mass is 10.2. The first kappa shape index (κ1) is 14.5. The third-order valence-electron chi connectivity index (χ3n) is 3.24. The molecule has 2 amide bonds. The number of carbonyl (C=O) groups is 2. The maximum atomic E-state index is 11.9. The van der Waals surface area contributed by atoms with Gasteiger partial charge in [0.25, 0.3) is 0 Å². The largest absolute Gasteiger partial charge is 0.442 e. The Morgan fingerprint density at radius 3 is 3.05 bits per heavy atom. The lowest BCUT2D eigenvalue weighted by Crippen LogP contribution is -2.35. The number of rotatable bonds is 5. The highest BCUT2D eigenvalue weighted by molar-refractivity contribution is 7.14. The monoisotopic (exact) mass is 317 g/mol. The highest BCUT2D eigenvalue weighted by Gasteiger charge is 2.32. The average molecular weight is 317 g/mol. The molecule has 0 saturated carbocycles. The Hall–Kier alpha value is -2.41. The Kier molecular flexibility index (Phi) is 4.34. The first-order valence-electron chi connectivity index (χ1n) is 6.90. The van der Waals surface area contributed by atoms with Crippen LogP contribution in [0.5, 0.6) is 0 Å². The predicted molar refractivity (Wildman–Crippen MR) is 82.9 cm³/mol. The van der Waals surface area contributed by atoms with Crippen molar-refractivity contribution < 1.29 is 14.3 Å². The maximum Gasteiger partial charge on any atom is 0.415 e. The number of nitrogens with zero attached hydrogens (tertiary/aromatic N) is 2. The van der Waals surface area contributed by atoms with E-state index in [-0.39, 0.29) is 24.5 Å². The first-order chi connectivity index (χ1) is 10.7. The van der Waals surface area contributed by atoms with Crippen LogP contribution in [0, 0.1) is 0 Å². The molecule has 1 aliphatic rings. The minimum Gasteiger partial charge on any atom is -0.442 e. The molecular formula is C15H15N3O3S. The summed E-state index contributed by atoms with van der Waals surface area (Å²) in [6, 6.07) is 9.20. The standard InChI is InChI=1S/C15H15N3O3S/c19-13(8-11-4-1-2-6-16-11)17-9-12-10-18(15(20)21-12)14-5-3-7-22-14/h1-7,12H,8-10H2,(H,17,19). The normalized spacial score (nSPS) is 17.4. The van der Waals surface area contributed by atoms with Crippen LogP contribution in [0.25, 0.3) is 0 Å². The molecule has 22 heavy (non-hydrogen) atoms. The number of aromatic nitrogens is 1. The molecule has 1 aliphatic heterocycles. The van der Waals surface area contributed by atoms with Gasteiger partial charge in [0.05, 0.1) is 19.5 Å². The third-order valence-corrected chi connectivity index (χ3v) is 4.13. The fraction of sp³-hybridized carbons (Fsp3) is 0.267. The maximum absolute atomic E-state index is 11.9. The number of carbonyl (C=O) groups excluding carboxylic acids is 2. The van der Waals surface area contributed by atoms with Crippen molar-refractivity contribution >= 4 is 28.3 Å². The molecule has 1 saturated heterocycles. The van der Waals surface area contributed by atoms with Gasteiger partial charge in [0.1, 0.15) is 11.1 Å². The smallest absolute Gasteiger partial charge is 0.415 e. The highest BCUT2D eigenvalue weighted by atomic mass is 32.1. The fourth-order valence-corrected chi connectivity index (χ4v) is 2.92. The molecule has 1 fully saturated rings. The summed E-state index contributed by atoms with van der Waals surface area (Å²) in [6.07, 6.45) is 1.17. The molecule has 3 rings (SSSR count). The Balaban J connectivity index is 1.48. The van der Waals surface area contributed by atoms with Gasteiger partial charge in [0.15, 0.2) is 0 Å². The molecule has 2 aromatic heterocycles. The van der Waals surface area contributed by atoms with Crippen molar-refractivity contribution in [1.82, 2.24) is 10.3 Å². The van der Waals surface area contributed by atoms with Gasteiger partial charge in [-0.25, -0.2) is 4.79 Å². The molecule has 7 heteroatoms. The number of anilines is 1. The molecule has 0 spiro atoms. The van der Waals surface area contributed by atoms with Gasteiger partial charge >= 0.3 is 6.09 Å². The van der Waals surface area contributed by atoms with Gasteiger partial charge in [-0.05, 0) is 29.6 Å². The second-order valence-electron chi connectivity index (χ2n) is 4.87. The highest BCUT2D eigenvalue weighted by Crippen LogP contribution is 2.25. The molecule has 0 bridgehead atoms. The number of nitrogens with one attached hydrogen (secondary N) is 1. The lowest BCUT2D eigenvalue weighted by Gasteiger charge is -2.10. The summed E-state index contributed by atoms with van der Waals surface area (Å²) in [5.41, 5.74) is 0.712. The van der Waals surface area contributed by atoms with E-state index >= 15 is 0 Å². The van der Waals surface area contributed by atoms with Gasteiger partial charge < -0.3 is 10.1 Å². The van der Waals surface area contributed by atoms with Gasteiger partial charge in [-0.3, -0.25) is 14.7 Å². The second-order valence-corrected chi connectivity index (χ2v) is 5.80. The number of hydrogen-bond donors (Lipinski definition) is 1. The first-order valence-corrected chi connectivity index (χ1v) is 7.78. The van der Waals surface area contributed by atoms with E-state index in [9.17, 15) is 9.59 Å². The van der Waals surface area contributed by atoms with E-state index in [1.165, 1.54) is 11.3 Å². The molecule has 6 nitrogen and oxygen atoms in total. The Labute approximate surface area is 131 Å². The number of amides is 2. The van der Waals surface area contributed by atoms with Crippen molar-refractivity contribution in [2.24, 2.45) is 0 Å². The summed E-state index contributed by atoms with van der Waals surface area (Å²) in [6.45, 7) is 0.752. The summed E-state index contributed by atoms with van der Waals surface area (Å²) in [7, 11) is 0. The summed E-state index contributed by atoms with van der Waals surface area (Å²) in [4.78, 5) is 29.4.